The molecule has 0 fully saturated rings. The molecule has 3 N–H and O–H groups in total. The number of aromatic hydroxyl groups is 1. The lowest BCUT2D eigenvalue weighted by atomic mass is 10.2. The molecule has 1 heterocycles. The molecular weight excluding hydrogens is 234 g/mol. The lowest BCUT2D eigenvalue weighted by molar-refractivity contribution is 0.475. The zero-order chi connectivity index (χ0) is 13.0. The number of nitrogens with one attached hydrogen (secondary N) is 2. The lowest BCUT2D eigenvalue weighted by Gasteiger charge is -1.98. The summed E-state index contributed by atoms with van der Waals surface area (Å²) in [7, 11) is 0. The van der Waals surface area contributed by atoms with Crippen molar-refractivity contribution >= 4 is 12.2 Å². The molecule has 7 heteroatoms. The Morgan fingerprint density at radius 2 is 2.28 bits per heavy atom. The first-order valence-corrected chi connectivity index (χ1v) is 5.17. The Morgan fingerprint density at radius 1 is 1.44 bits per heavy atom. The van der Waals surface area contributed by atoms with Crippen molar-refractivity contribution < 1.29 is 5.11 Å². The molecule has 18 heavy (non-hydrogen) atoms. The van der Waals surface area contributed by atoms with Crippen LogP contribution in [-0.2, 0) is 0 Å². The van der Waals surface area contributed by atoms with Crippen LogP contribution in [0.4, 0.5) is 5.95 Å². The van der Waals surface area contributed by atoms with E-state index in [1.165, 1.54) is 6.21 Å². The van der Waals surface area contributed by atoms with E-state index >= 15 is 0 Å². The van der Waals surface area contributed by atoms with Gasteiger partial charge in [-0.2, -0.15) is 5.10 Å². The highest BCUT2D eigenvalue weighted by molar-refractivity contribution is 5.80. The Morgan fingerprint density at radius 3 is 3.00 bits per heavy atom. The van der Waals surface area contributed by atoms with Gasteiger partial charge in [0.1, 0.15) is 11.4 Å². The second-order valence-corrected chi connectivity index (χ2v) is 3.55. The third-order valence-corrected chi connectivity index (χ3v) is 2.11. The van der Waals surface area contributed by atoms with Crippen LogP contribution >= 0.6 is 0 Å². The number of phenolic OH excluding ortho intramolecular Hbond substituents is 1. The fourth-order valence-corrected chi connectivity index (χ4v) is 1.22. The Labute approximate surface area is 102 Å². The highest BCUT2D eigenvalue weighted by Crippen LogP contribution is 2.08. The minimum atomic E-state index is -0.319. The van der Waals surface area contributed by atoms with Gasteiger partial charge in [-0.3, -0.25) is 9.78 Å². The van der Waals surface area contributed by atoms with Crippen molar-refractivity contribution in [2.45, 2.75) is 6.92 Å². The van der Waals surface area contributed by atoms with E-state index in [1.54, 1.807) is 31.2 Å². The van der Waals surface area contributed by atoms with Gasteiger partial charge in [0.05, 0.1) is 6.21 Å². The molecule has 0 unspecified atom stereocenters. The summed E-state index contributed by atoms with van der Waals surface area (Å²) in [6.07, 6.45) is 1.49. The molecule has 0 aliphatic carbocycles. The highest BCUT2D eigenvalue weighted by atomic mass is 16.3. The summed E-state index contributed by atoms with van der Waals surface area (Å²) in [4.78, 5) is 13.7. The fourth-order valence-electron chi connectivity index (χ4n) is 1.22. The van der Waals surface area contributed by atoms with Crippen LogP contribution in [0.1, 0.15) is 11.3 Å². The molecule has 0 aliphatic rings. The Bertz CT molecular complexity index is 635. The zero-order valence-corrected chi connectivity index (χ0v) is 9.58. The summed E-state index contributed by atoms with van der Waals surface area (Å²) < 4.78 is 0. The number of phenols is 1. The van der Waals surface area contributed by atoms with Gasteiger partial charge in [0.25, 0.3) is 5.56 Å². The summed E-state index contributed by atoms with van der Waals surface area (Å²) in [5.74, 6) is 0.310. The number of hydrogen-bond donors (Lipinski definition) is 3. The fraction of sp³-hybridized carbons (Fsp3) is 0.0909. The molecule has 0 amide bonds. The average Bonchev–Trinajstić information content (AvgIpc) is 2.34. The molecule has 0 atom stereocenters. The average molecular weight is 245 g/mol. The van der Waals surface area contributed by atoms with Gasteiger partial charge in [0.15, 0.2) is 0 Å². The molecule has 0 saturated heterocycles. The van der Waals surface area contributed by atoms with Crippen LogP contribution in [0.3, 0.4) is 0 Å². The minimum Gasteiger partial charge on any atom is -0.508 e. The lowest BCUT2D eigenvalue weighted by Crippen LogP contribution is -2.15. The number of aromatic nitrogens is 3. The van der Waals surface area contributed by atoms with Crippen LogP contribution in [0, 0.1) is 6.92 Å². The quantitative estimate of drug-likeness (QED) is 0.543. The van der Waals surface area contributed by atoms with E-state index in [1.807, 2.05) is 0 Å². The molecule has 7 nitrogen and oxygen atoms in total. The van der Waals surface area contributed by atoms with E-state index in [-0.39, 0.29) is 23.0 Å². The van der Waals surface area contributed by atoms with Gasteiger partial charge in [0, 0.05) is 0 Å². The SMILES string of the molecule is Cc1nnc(N/N=C/c2cccc(O)c2)[nH]c1=O. The Balaban J connectivity index is 2.07. The van der Waals surface area contributed by atoms with Crippen molar-refractivity contribution in [1.29, 1.82) is 0 Å². The monoisotopic (exact) mass is 245 g/mol. The Kier molecular flexibility index (Phi) is 3.33. The smallest absolute Gasteiger partial charge is 0.274 e. The van der Waals surface area contributed by atoms with E-state index < -0.39 is 0 Å². The third kappa shape index (κ3) is 2.91. The largest absolute Gasteiger partial charge is 0.508 e. The highest BCUT2D eigenvalue weighted by Gasteiger charge is 1.97. The maximum absolute atomic E-state index is 11.2. The summed E-state index contributed by atoms with van der Waals surface area (Å²) in [6.45, 7) is 1.56. The van der Waals surface area contributed by atoms with Gasteiger partial charge in [-0.1, -0.05) is 12.1 Å². The zero-order valence-electron chi connectivity index (χ0n) is 9.58. The van der Waals surface area contributed by atoms with Gasteiger partial charge in [-0.15, -0.1) is 10.2 Å². The number of H-pyrrole nitrogens is 1. The molecule has 0 radical (unpaired) electrons. The number of hydrazone groups is 1. The van der Waals surface area contributed by atoms with E-state index in [4.69, 9.17) is 0 Å². The predicted octanol–water partition coefficient (Wildman–Crippen LogP) is 0.625. The second kappa shape index (κ2) is 5.09. The number of benzene rings is 1. The standard InChI is InChI=1S/C11H11N5O2/c1-7-10(18)13-11(16-14-7)15-12-6-8-3-2-4-9(17)5-8/h2-6,17H,1H3,(H2,13,15,16,18)/b12-6+. The third-order valence-electron chi connectivity index (χ3n) is 2.11. The van der Waals surface area contributed by atoms with Crippen molar-refractivity contribution in [3.05, 3.63) is 45.9 Å². The number of aryl methyl sites for hydroxylation is 1. The van der Waals surface area contributed by atoms with E-state index in [0.717, 1.165) is 0 Å². The molecule has 1 aromatic heterocycles. The van der Waals surface area contributed by atoms with Crippen LogP contribution in [-0.4, -0.2) is 26.5 Å². The molecular formula is C11H11N5O2. The molecule has 0 aliphatic heterocycles. The number of hydrogen-bond acceptors (Lipinski definition) is 6. The number of rotatable bonds is 3. The molecule has 0 bridgehead atoms. The van der Waals surface area contributed by atoms with Crippen molar-refractivity contribution in [2.24, 2.45) is 5.10 Å². The van der Waals surface area contributed by atoms with Crippen LogP contribution in [0.5, 0.6) is 5.75 Å². The summed E-state index contributed by atoms with van der Waals surface area (Å²) in [6, 6.07) is 6.58. The van der Waals surface area contributed by atoms with Crippen molar-refractivity contribution in [1.82, 2.24) is 15.2 Å². The Hall–Kier alpha value is -2.70. The minimum absolute atomic E-state index is 0.155. The maximum atomic E-state index is 11.2. The molecule has 2 rings (SSSR count). The molecule has 2 aromatic rings. The van der Waals surface area contributed by atoms with Gasteiger partial charge in [-0.05, 0) is 24.6 Å². The second-order valence-electron chi connectivity index (χ2n) is 3.55. The first kappa shape index (κ1) is 11.8. The van der Waals surface area contributed by atoms with Crippen molar-refractivity contribution in [3.8, 4) is 5.75 Å². The van der Waals surface area contributed by atoms with Gasteiger partial charge < -0.3 is 5.11 Å². The van der Waals surface area contributed by atoms with E-state index in [9.17, 15) is 9.90 Å². The van der Waals surface area contributed by atoms with Crippen molar-refractivity contribution in [3.63, 3.8) is 0 Å². The van der Waals surface area contributed by atoms with E-state index in [2.05, 4.69) is 25.7 Å². The van der Waals surface area contributed by atoms with Crippen LogP contribution in [0.15, 0.2) is 34.2 Å². The molecule has 92 valence electrons. The van der Waals surface area contributed by atoms with Crippen molar-refractivity contribution in [2.75, 3.05) is 5.43 Å². The predicted molar refractivity (Wildman–Crippen MR) is 66.7 cm³/mol. The summed E-state index contributed by atoms with van der Waals surface area (Å²) in [5.41, 5.74) is 3.22. The van der Waals surface area contributed by atoms with Gasteiger partial charge >= 0.3 is 0 Å². The number of nitrogens with zero attached hydrogens (tertiary/aromatic N) is 3. The maximum Gasteiger partial charge on any atom is 0.274 e. The van der Waals surface area contributed by atoms with Gasteiger partial charge in [0.2, 0.25) is 5.95 Å². The van der Waals surface area contributed by atoms with Gasteiger partial charge in [-0.25, -0.2) is 5.43 Å². The number of aromatic amines is 1. The molecule has 0 saturated carbocycles. The van der Waals surface area contributed by atoms with E-state index in [0.29, 0.717) is 5.56 Å². The first-order valence-electron chi connectivity index (χ1n) is 5.17. The van der Waals surface area contributed by atoms with Crippen LogP contribution in [0.25, 0.3) is 0 Å². The summed E-state index contributed by atoms with van der Waals surface area (Å²) >= 11 is 0. The first-order chi connectivity index (χ1) is 8.65. The summed E-state index contributed by atoms with van der Waals surface area (Å²) in [5, 5.41) is 20.5. The topological polar surface area (TPSA) is 103 Å². The van der Waals surface area contributed by atoms with Crippen LogP contribution in [0.2, 0.25) is 0 Å². The molecule has 1 aromatic carbocycles. The molecule has 0 spiro atoms. The van der Waals surface area contributed by atoms with Crippen LogP contribution < -0.4 is 11.0 Å². The number of anilines is 1. The normalized spacial score (nSPS) is 10.7.